The summed E-state index contributed by atoms with van der Waals surface area (Å²) in [6.45, 7) is 2.85. The van der Waals surface area contributed by atoms with Crippen LogP contribution in [0.2, 0.25) is 0 Å². The van der Waals surface area contributed by atoms with E-state index in [4.69, 9.17) is 0 Å². The Labute approximate surface area is 198 Å². The highest BCUT2D eigenvalue weighted by molar-refractivity contribution is 5.79. The van der Waals surface area contributed by atoms with Crippen molar-refractivity contribution in [2.45, 2.75) is 26.1 Å². The zero-order valence-electron chi connectivity index (χ0n) is 19.9. The predicted octanol–water partition coefficient (Wildman–Crippen LogP) is 6.62. The summed E-state index contributed by atoms with van der Waals surface area (Å²) in [6.07, 6.45) is 1.04. The Morgan fingerprint density at radius 3 is 2.18 bits per heavy atom. The van der Waals surface area contributed by atoms with Gasteiger partial charge in [0.15, 0.2) is 0 Å². The van der Waals surface area contributed by atoms with Crippen molar-refractivity contribution in [1.82, 2.24) is 9.80 Å². The Balaban J connectivity index is 1.34. The summed E-state index contributed by atoms with van der Waals surface area (Å²) in [4.78, 5) is 4.67. The molecule has 0 saturated carbocycles. The van der Waals surface area contributed by atoms with Crippen LogP contribution in [0.4, 0.5) is 0 Å². The van der Waals surface area contributed by atoms with Crippen LogP contribution in [-0.4, -0.2) is 30.9 Å². The first-order chi connectivity index (χ1) is 16.1. The zero-order chi connectivity index (χ0) is 22.8. The molecule has 1 aliphatic rings. The van der Waals surface area contributed by atoms with Crippen molar-refractivity contribution in [3.8, 4) is 22.3 Å². The summed E-state index contributed by atoms with van der Waals surface area (Å²) >= 11 is 0. The predicted molar refractivity (Wildman–Crippen MR) is 139 cm³/mol. The van der Waals surface area contributed by atoms with Gasteiger partial charge in [-0.1, -0.05) is 91.0 Å². The van der Waals surface area contributed by atoms with Crippen molar-refractivity contribution in [1.29, 1.82) is 0 Å². The van der Waals surface area contributed by atoms with Crippen LogP contribution in [0.25, 0.3) is 22.3 Å². The van der Waals surface area contributed by atoms with Crippen LogP contribution in [-0.2, 0) is 26.1 Å². The molecule has 1 aliphatic carbocycles. The lowest BCUT2D eigenvalue weighted by Gasteiger charge is -2.20. The van der Waals surface area contributed by atoms with Gasteiger partial charge in [-0.15, -0.1) is 0 Å². The molecule has 4 aromatic rings. The summed E-state index contributed by atoms with van der Waals surface area (Å²) in [6, 6.07) is 33.3. The Hall–Kier alpha value is -3.20. The van der Waals surface area contributed by atoms with Crippen molar-refractivity contribution in [2.75, 3.05) is 21.1 Å². The SMILES string of the molecule is CN(C)Cc1cccc2c1-c1ccc(CN(C)Cc3ccccc3-c3ccccc3)cc1C2. The molecule has 0 aliphatic heterocycles. The molecule has 0 amide bonds. The average Bonchev–Trinajstić information content (AvgIpc) is 3.18. The number of hydrogen-bond acceptors (Lipinski definition) is 2. The van der Waals surface area contributed by atoms with Crippen LogP contribution in [0.5, 0.6) is 0 Å². The molecule has 0 heterocycles. The second kappa shape index (κ2) is 9.35. The molecule has 0 saturated heterocycles. The van der Waals surface area contributed by atoms with Crippen LogP contribution < -0.4 is 0 Å². The van der Waals surface area contributed by atoms with Gasteiger partial charge in [-0.3, -0.25) is 4.90 Å². The van der Waals surface area contributed by atoms with Gasteiger partial charge >= 0.3 is 0 Å². The van der Waals surface area contributed by atoms with E-state index in [1.165, 1.54) is 50.1 Å². The summed E-state index contributed by atoms with van der Waals surface area (Å²) in [5.74, 6) is 0. The van der Waals surface area contributed by atoms with Crippen LogP contribution in [0.3, 0.4) is 0 Å². The third-order valence-electron chi connectivity index (χ3n) is 6.54. The first kappa shape index (κ1) is 21.6. The van der Waals surface area contributed by atoms with Crippen molar-refractivity contribution < 1.29 is 0 Å². The minimum Gasteiger partial charge on any atom is -0.305 e. The van der Waals surface area contributed by atoms with Crippen LogP contribution >= 0.6 is 0 Å². The average molecular weight is 433 g/mol. The Kier molecular flexibility index (Phi) is 6.13. The molecular formula is C31H32N2. The van der Waals surface area contributed by atoms with Gasteiger partial charge in [-0.25, -0.2) is 0 Å². The summed E-state index contributed by atoms with van der Waals surface area (Å²) < 4.78 is 0. The fourth-order valence-electron chi connectivity index (χ4n) is 5.18. The normalized spacial score (nSPS) is 12.3. The van der Waals surface area contributed by atoms with E-state index in [-0.39, 0.29) is 0 Å². The molecule has 0 unspecified atom stereocenters. The van der Waals surface area contributed by atoms with Gasteiger partial charge in [0.05, 0.1) is 0 Å². The second-order valence-electron chi connectivity index (χ2n) is 9.55. The van der Waals surface area contributed by atoms with E-state index < -0.39 is 0 Å². The summed E-state index contributed by atoms with van der Waals surface area (Å²) in [5, 5.41) is 0. The fraction of sp³-hybridized carbons (Fsp3) is 0.226. The van der Waals surface area contributed by atoms with Crippen LogP contribution in [0, 0.1) is 0 Å². The molecule has 0 spiro atoms. The first-order valence-corrected chi connectivity index (χ1v) is 11.8. The maximum absolute atomic E-state index is 2.42. The number of rotatable bonds is 7. The standard InChI is InChI=1S/C31H32N2/c1-32(2)21-27-14-9-13-25-19-28-18-23(16-17-30(28)31(25)27)20-33(3)22-26-12-7-8-15-29(26)24-10-5-4-6-11-24/h4-18H,19-22H2,1-3H3. The van der Waals surface area contributed by atoms with E-state index >= 15 is 0 Å². The number of fused-ring (bicyclic) bond motifs is 3. The van der Waals surface area contributed by atoms with Crippen LogP contribution in [0.1, 0.15) is 27.8 Å². The van der Waals surface area contributed by atoms with Gasteiger partial charge in [0.2, 0.25) is 0 Å². The third kappa shape index (κ3) is 4.64. The summed E-state index contributed by atoms with van der Waals surface area (Å²) in [7, 11) is 6.51. The van der Waals surface area contributed by atoms with Gasteiger partial charge in [0.25, 0.3) is 0 Å². The zero-order valence-corrected chi connectivity index (χ0v) is 19.9. The molecule has 2 nitrogen and oxygen atoms in total. The molecule has 0 radical (unpaired) electrons. The highest BCUT2D eigenvalue weighted by Crippen LogP contribution is 2.40. The minimum absolute atomic E-state index is 0.926. The van der Waals surface area contributed by atoms with Crippen molar-refractivity contribution in [3.05, 3.63) is 119 Å². The van der Waals surface area contributed by atoms with E-state index in [1.807, 2.05) is 0 Å². The molecule has 4 aromatic carbocycles. The largest absolute Gasteiger partial charge is 0.305 e. The van der Waals surface area contributed by atoms with Gasteiger partial charge in [0.1, 0.15) is 0 Å². The highest BCUT2D eigenvalue weighted by atomic mass is 15.1. The first-order valence-electron chi connectivity index (χ1n) is 11.8. The Morgan fingerprint density at radius 1 is 0.606 bits per heavy atom. The molecular weight excluding hydrogens is 400 g/mol. The lowest BCUT2D eigenvalue weighted by Crippen LogP contribution is -2.17. The highest BCUT2D eigenvalue weighted by Gasteiger charge is 2.22. The molecule has 166 valence electrons. The number of nitrogens with zero attached hydrogens (tertiary/aromatic N) is 2. The van der Waals surface area contributed by atoms with E-state index in [9.17, 15) is 0 Å². The smallest absolute Gasteiger partial charge is 0.0240 e. The van der Waals surface area contributed by atoms with E-state index in [0.717, 1.165) is 26.1 Å². The van der Waals surface area contributed by atoms with E-state index in [1.54, 1.807) is 0 Å². The molecule has 0 bridgehead atoms. The molecule has 0 aromatic heterocycles. The van der Waals surface area contributed by atoms with E-state index in [0.29, 0.717) is 0 Å². The van der Waals surface area contributed by atoms with E-state index in [2.05, 4.69) is 122 Å². The monoisotopic (exact) mass is 432 g/mol. The maximum atomic E-state index is 2.42. The van der Waals surface area contributed by atoms with Crippen LogP contribution in [0.15, 0.2) is 91.0 Å². The molecule has 0 N–H and O–H groups in total. The second-order valence-corrected chi connectivity index (χ2v) is 9.55. The molecule has 5 rings (SSSR count). The molecule has 0 fully saturated rings. The van der Waals surface area contributed by atoms with Crippen molar-refractivity contribution in [2.24, 2.45) is 0 Å². The Bertz CT molecular complexity index is 1260. The quantitative estimate of drug-likeness (QED) is 0.285. The maximum Gasteiger partial charge on any atom is 0.0240 e. The van der Waals surface area contributed by atoms with Gasteiger partial charge in [0, 0.05) is 19.6 Å². The molecule has 0 atom stereocenters. The number of benzene rings is 4. The number of hydrogen-bond donors (Lipinski definition) is 0. The molecule has 33 heavy (non-hydrogen) atoms. The lowest BCUT2D eigenvalue weighted by atomic mass is 9.98. The van der Waals surface area contributed by atoms with Gasteiger partial charge < -0.3 is 4.90 Å². The van der Waals surface area contributed by atoms with Gasteiger partial charge in [-0.2, -0.15) is 0 Å². The fourth-order valence-corrected chi connectivity index (χ4v) is 5.18. The molecule has 2 heteroatoms. The van der Waals surface area contributed by atoms with Crippen molar-refractivity contribution in [3.63, 3.8) is 0 Å². The topological polar surface area (TPSA) is 6.48 Å². The summed E-state index contributed by atoms with van der Waals surface area (Å²) in [5.41, 5.74) is 12.6. The third-order valence-corrected chi connectivity index (χ3v) is 6.54. The Morgan fingerprint density at radius 2 is 1.36 bits per heavy atom. The van der Waals surface area contributed by atoms with Gasteiger partial charge in [-0.05, 0) is 77.6 Å². The lowest BCUT2D eigenvalue weighted by molar-refractivity contribution is 0.319. The van der Waals surface area contributed by atoms with Crippen molar-refractivity contribution >= 4 is 0 Å². The minimum atomic E-state index is 0.926.